The van der Waals surface area contributed by atoms with Crippen molar-refractivity contribution < 1.29 is 38.2 Å². The monoisotopic (exact) mass is 1040 g/mol. The van der Waals surface area contributed by atoms with Crippen LogP contribution in [0.5, 0.6) is 0 Å². The van der Waals surface area contributed by atoms with Gasteiger partial charge in [0.15, 0.2) is 16.6 Å². The molecule has 0 aromatic rings. The number of carboxylic acid groups (broad SMARTS) is 1. The molecule has 8 nitrogen and oxygen atoms in total. The quantitative estimate of drug-likeness (QED) is 0.0151. The molecule has 2 rings (SSSR count). The van der Waals surface area contributed by atoms with E-state index < -0.39 is 28.6 Å². The van der Waals surface area contributed by atoms with Crippen LogP contribution in [0.1, 0.15) is 115 Å². The van der Waals surface area contributed by atoms with Crippen molar-refractivity contribution in [2.45, 2.75) is 175 Å². The highest BCUT2D eigenvalue weighted by molar-refractivity contribution is 9.09. The van der Waals surface area contributed by atoms with Gasteiger partial charge in [0.05, 0.1) is 23.6 Å². The van der Waals surface area contributed by atoms with E-state index in [1.165, 1.54) is 12.5 Å². The summed E-state index contributed by atoms with van der Waals surface area (Å²) in [5.41, 5.74) is 0. The molecule has 0 saturated heterocycles. The first-order valence-electron chi connectivity index (χ1n) is 23.7. The van der Waals surface area contributed by atoms with Crippen LogP contribution >= 0.6 is 15.9 Å². The molecule has 8 atom stereocenters. The van der Waals surface area contributed by atoms with Gasteiger partial charge in [-0.1, -0.05) is 154 Å². The second-order valence-electron chi connectivity index (χ2n) is 19.7. The number of halogens is 1. The Morgan fingerprint density at radius 1 is 0.735 bits per heavy atom. The van der Waals surface area contributed by atoms with Crippen LogP contribution in [0, 0.1) is 59.7 Å². The molecule has 2 fully saturated rings. The fraction of sp³-hybridized carbons (Fsp3) is 0.561. The zero-order valence-electron chi connectivity index (χ0n) is 44.4. The van der Waals surface area contributed by atoms with Crippen LogP contribution < -0.4 is 0 Å². The minimum absolute atomic E-state index is 0.106. The summed E-state index contributed by atoms with van der Waals surface area (Å²) in [7, 11) is -3.82. The molecule has 0 amide bonds. The number of alkyl halides is 1. The van der Waals surface area contributed by atoms with E-state index in [0.717, 1.165) is 31.5 Å². The summed E-state index contributed by atoms with van der Waals surface area (Å²) in [6.45, 7) is 39.1. The Labute approximate surface area is 425 Å². The number of ether oxygens (including phenoxy) is 1. The zero-order chi connectivity index (χ0) is 53.0. The molecule has 0 aliphatic heterocycles. The lowest BCUT2D eigenvalue weighted by molar-refractivity contribution is -0.141. The van der Waals surface area contributed by atoms with Gasteiger partial charge in [-0.3, -0.25) is 4.79 Å². The zero-order valence-corrected chi connectivity index (χ0v) is 48.0. The largest absolute Gasteiger partial charge is 0.472 e. The number of aliphatic hydroxyl groups excluding tert-OH is 1. The summed E-state index contributed by atoms with van der Waals surface area (Å²) in [5.74, 6) is 13.8. The summed E-state index contributed by atoms with van der Waals surface area (Å²) in [6.07, 6.45) is 36.5. The lowest BCUT2D eigenvalue weighted by atomic mass is 10.1. The van der Waals surface area contributed by atoms with Gasteiger partial charge in [-0.25, -0.2) is 9.59 Å². The van der Waals surface area contributed by atoms with Gasteiger partial charge < -0.3 is 23.8 Å². The Kier molecular flexibility index (Phi) is 38.0. The molecule has 0 heterocycles. The number of aliphatic carboxylic acids is 1. The van der Waals surface area contributed by atoms with Crippen molar-refractivity contribution in [3.63, 3.8) is 0 Å². The highest BCUT2D eigenvalue weighted by atomic mass is 79.9. The highest BCUT2D eigenvalue weighted by Gasteiger charge is 2.40. The molecule has 2 saturated carbocycles. The van der Waals surface area contributed by atoms with E-state index >= 15 is 0 Å². The lowest BCUT2D eigenvalue weighted by Gasteiger charge is -2.38. The van der Waals surface area contributed by atoms with E-state index in [-0.39, 0.29) is 34.5 Å². The number of aldehydes is 1. The Balaban J connectivity index is -0.000000906. The second kappa shape index (κ2) is 37.8. The van der Waals surface area contributed by atoms with E-state index in [1.807, 2.05) is 101 Å². The third kappa shape index (κ3) is 37.0. The third-order valence-electron chi connectivity index (χ3n) is 11.5. The molecular formula is C57H89BrO8Si2. The van der Waals surface area contributed by atoms with E-state index in [2.05, 4.69) is 126 Å². The van der Waals surface area contributed by atoms with Gasteiger partial charge in [-0.2, -0.15) is 0 Å². The van der Waals surface area contributed by atoms with Gasteiger partial charge in [0.2, 0.25) is 0 Å². The predicted molar refractivity (Wildman–Crippen MR) is 297 cm³/mol. The molecule has 2 aliphatic rings. The molecule has 380 valence electrons. The number of carbonyl (C=O) groups excluding carboxylic acids is 2. The van der Waals surface area contributed by atoms with E-state index in [4.69, 9.17) is 30.2 Å². The van der Waals surface area contributed by atoms with Crippen molar-refractivity contribution in [3.8, 4) is 36.0 Å². The summed E-state index contributed by atoms with van der Waals surface area (Å²) < 4.78 is 18.1. The molecule has 0 spiro atoms. The second-order valence-corrected chi connectivity index (χ2v) is 29.8. The van der Waals surface area contributed by atoms with Crippen LogP contribution in [-0.4, -0.2) is 74.8 Å². The van der Waals surface area contributed by atoms with Crippen molar-refractivity contribution in [3.05, 3.63) is 98.2 Å². The van der Waals surface area contributed by atoms with Crippen molar-refractivity contribution in [2.75, 3.05) is 5.33 Å². The normalized spacial score (nSPS) is 19.4. The Morgan fingerprint density at radius 3 is 1.46 bits per heavy atom. The lowest BCUT2D eigenvalue weighted by Crippen LogP contribution is -2.43. The minimum atomic E-state index is -1.92. The maximum Gasteiger partial charge on any atom is 0.384 e. The Hall–Kier alpha value is -4.00. The van der Waals surface area contributed by atoms with Crippen LogP contribution in [0.3, 0.4) is 0 Å². The molecule has 11 heteroatoms. The fourth-order valence-corrected chi connectivity index (χ4v) is 8.01. The molecular weight excluding hydrogens is 949 g/mol. The van der Waals surface area contributed by atoms with Crippen molar-refractivity contribution in [1.82, 2.24) is 0 Å². The Morgan fingerprint density at radius 2 is 1.13 bits per heavy atom. The smallest absolute Gasteiger partial charge is 0.384 e. The van der Waals surface area contributed by atoms with Crippen molar-refractivity contribution in [1.29, 1.82) is 0 Å². The minimum Gasteiger partial charge on any atom is -0.472 e. The average molecular weight is 1040 g/mol. The van der Waals surface area contributed by atoms with Gasteiger partial charge in [0, 0.05) is 24.7 Å². The van der Waals surface area contributed by atoms with Gasteiger partial charge >= 0.3 is 11.9 Å². The predicted octanol–water partition coefficient (Wildman–Crippen LogP) is 13.9. The van der Waals surface area contributed by atoms with Gasteiger partial charge in [-0.15, -0.1) is 19.6 Å². The molecule has 0 aromatic heterocycles. The number of allylic oxidation sites excluding steroid dienone is 12. The maximum atomic E-state index is 12.0. The molecule has 0 aromatic carbocycles. The SMILES string of the molecule is C#CCBr.C/C=C/C=C/C(CC#CC(=O)O)O[Si](C)(C)C(C)(C)C.C/C=C/C=C/C=O.C=C[C@H]1C[C@@H]1C[C@@H](C)OC(=O)C#CCC(/C=C/C=C/C)O[Si](C)(C)C(C)(C)C.C=C[C@H]1C[C@@H]1C[C@H](C)O. The van der Waals surface area contributed by atoms with Crippen LogP contribution in [0.2, 0.25) is 36.3 Å². The first-order valence-corrected chi connectivity index (χ1v) is 30.6. The maximum absolute atomic E-state index is 12.0. The molecule has 2 N–H and O–H groups in total. The number of hydrogen-bond acceptors (Lipinski definition) is 7. The highest BCUT2D eigenvalue weighted by Crippen LogP contribution is 2.43. The van der Waals surface area contributed by atoms with E-state index in [9.17, 15) is 14.4 Å². The van der Waals surface area contributed by atoms with Gasteiger partial charge in [0.25, 0.3) is 0 Å². The van der Waals surface area contributed by atoms with E-state index in [1.54, 1.807) is 12.2 Å². The summed E-state index contributed by atoms with van der Waals surface area (Å²) in [6, 6.07) is 0. The van der Waals surface area contributed by atoms with Gasteiger partial charge in [0.1, 0.15) is 12.4 Å². The van der Waals surface area contributed by atoms with Crippen LogP contribution in [0.15, 0.2) is 98.2 Å². The first kappa shape index (κ1) is 68.3. The van der Waals surface area contributed by atoms with E-state index in [0.29, 0.717) is 35.9 Å². The topological polar surface area (TPSA) is 119 Å². The first-order chi connectivity index (χ1) is 31.7. The molecule has 2 unspecified atom stereocenters. The number of hydrogen-bond donors (Lipinski definition) is 2. The fourth-order valence-electron chi connectivity index (χ4n) is 5.46. The standard InChI is InChI=1S/C24H38O3Si.C16H26O3Si.C8H14O.C6H8O.C3H3Br/c1-9-11-12-14-22(27-28(7,8)24(4,5)6)15-13-16-23(25)26-19(3)17-21-18-20(21)10-2;1-7-8-9-11-14(12-10-13-15(17)18)19-20(5,6)16(2,3)4;1-3-7-5-8(7)4-6(2)9;1-2-3-4-5-6-7;1-2-3-4/h9-12,14,19-22H,2,15,17-18H2,1,3-8H3;7-9,11,14H,12H2,1-6H3,(H,17,18);3,6-9H,1,4-5H2,2H3;2-6H,1H3;1H,3H2/b11-9+,14-12+;8-7+,11-9+;;3-2+,5-4+;/t19-,20+,21+,22?;;6-,7-,8-;;/m1.0../s1. The number of aliphatic hydroxyl groups is 1. The van der Waals surface area contributed by atoms with Crippen LogP contribution in [-0.2, 0) is 28.0 Å². The number of esters is 1. The van der Waals surface area contributed by atoms with Gasteiger partial charge in [-0.05, 0) is 126 Å². The number of rotatable bonds is 19. The Bertz CT molecular complexity index is 1830. The summed E-state index contributed by atoms with van der Waals surface area (Å²) in [5, 5.41) is 18.4. The van der Waals surface area contributed by atoms with Crippen molar-refractivity contribution >= 4 is 50.8 Å². The summed E-state index contributed by atoms with van der Waals surface area (Å²) in [4.78, 5) is 32.0. The number of carbonyl (C=O) groups is 3. The molecule has 0 radical (unpaired) electrons. The number of terminal acetylenes is 1. The molecule has 68 heavy (non-hydrogen) atoms. The number of carboxylic acids is 1. The molecule has 2 aliphatic carbocycles. The molecule has 0 bridgehead atoms. The third-order valence-corrected chi connectivity index (χ3v) is 20.8. The van der Waals surface area contributed by atoms with Crippen LogP contribution in [0.4, 0.5) is 0 Å². The summed E-state index contributed by atoms with van der Waals surface area (Å²) >= 11 is 3.01. The van der Waals surface area contributed by atoms with Crippen LogP contribution in [0.25, 0.3) is 0 Å². The average Bonchev–Trinajstić information content (AvgIpc) is 4.17. The van der Waals surface area contributed by atoms with Crippen molar-refractivity contribution in [2.24, 2.45) is 23.7 Å².